The van der Waals surface area contributed by atoms with E-state index in [2.05, 4.69) is 13.8 Å². The van der Waals surface area contributed by atoms with Gasteiger partial charge in [0.25, 0.3) is 0 Å². The Bertz CT molecular complexity index is 182. The highest BCUT2D eigenvalue weighted by atomic mass is 31.2. The second kappa shape index (κ2) is 8.28. The molecular weight excluding hydrogens is 215 g/mol. The normalized spacial score (nSPS) is 12.3. The van der Waals surface area contributed by atoms with Gasteiger partial charge < -0.3 is 0 Å². The molecule has 0 spiro atoms. The van der Waals surface area contributed by atoms with Crippen LogP contribution in [0, 0.1) is 5.92 Å². The van der Waals surface area contributed by atoms with Gasteiger partial charge in [0.1, 0.15) is 0 Å². The minimum atomic E-state index is -3.28. The molecule has 92 valence electrons. The van der Waals surface area contributed by atoms with E-state index in [1.807, 2.05) is 0 Å². The highest BCUT2D eigenvalue weighted by Gasteiger charge is 2.24. The lowest BCUT2D eigenvalue weighted by molar-refractivity contribution is 0.127. The van der Waals surface area contributed by atoms with Crippen LogP contribution in [-0.2, 0) is 18.1 Å². The van der Waals surface area contributed by atoms with Gasteiger partial charge in [0.05, 0.1) is 6.61 Å². The van der Waals surface area contributed by atoms with E-state index < -0.39 is 7.82 Å². The summed E-state index contributed by atoms with van der Waals surface area (Å²) < 4.78 is 26.2. The van der Waals surface area contributed by atoms with Gasteiger partial charge in [-0.1, -0.05) is 26.7 Å². The topological polar surface area (TPSA) is 44.8 Å². The van der Waals surface area contributed by atoms with E-state index in [9.17, 15) is 4.57 Å². The van der Waals surface area contributed by atoms with Crippen LogP contribution < -0.4 is 0 Å². The lowest BCUT2D eigenvalue weighted by atomic mass is 10.00. The lowest BCUT2D eigenvalue weighted by Crippen LogP contribution is -2.09. The van der Waals surface area contributed by atoms with E-state index in [0.29, 0.717) is 12.5 Å². The number of hydrogen-bond acceptors (Lipinski definition) is 4. The van der Waals surface area contributed by atoms with Crippen molar-refractivity contribution in [3.8, 4) is 0 Å². The molecule has 0 aromatic rings. The first-order chi connectivity index (χ1) is 7.11. The second-order valence-corrected chi connectivity index (χ2v) is 5.43. The third-order valence-electron chi connectivity index (χ3n) is 2.31. The molecule has 0 amide bonds. The largest absolute Gasteiger partial charge is 0.474 e. The summed E-state index contributed by atoms with van der Waals surface area (Å²) in [6, 6.07) is 0. The summed E-state index contributed by atoms with van der Waals surface area (Å²) in [5.74, 6) is 0.443. The molecule has 0 aliphatic heterocycles. The predicted octanol–water partition coefficient (Wildman–Crippen LogP) is 3.62. The van der Waals surface area contributed by atoms with Crippen LogP contribution in [0.5, 0.6) is 0 Å². The summed E-state index contributed by atoms with van der Waals surface area (Å²) in [7, 11) is -0.618. The fraction of sp³-hybridized carbons (Fsp3) is 1.00. The van der Waals surface area contributed by atoms with Crippen molar-refractivity contribution in [3.63, 3.8) is 0 Å². The molecule has 4 nitrogen and oxygen atoms in total. The van der Waals surface area contributed by atoms with Gasteiger partial charge in [0, 0.05) is 14.2 Å². The zero-order valence-electron chi connectivity index (χ0n) is 10.2. The van der Waals surface area contributed by atoms with Crippen molar-refractivity contribution in [2.75, 3.05) is 20.8 Å². The molecule has 0 radical (unpaired) electrons. The molecule has 0 saturated heterocycles. The smallest absolute Gasteiger partial charge is 0.290 e. The molecule has 0 atom stereocenters. The van der Waals surface area contributed by atoms with E-state index in [1.54, 1.807) is 0 Å². The van der Waals surface area contributed by atoms with Crippen molar-refractivity contribution < 1.29 is 18.1 Å². The molecule has 0 aromatic carbocycles. The summed E-state index contributed by atoms with van der Waals surface area (Å²) in [5.41, 5.74) is 0. The number of phosphoric ester groups is 1. The van der Waals surface area contributed by atoms with E-state index in [1.165, 1.54) is 14.2 Å². The number of hydrogen-bond donors (Lipinski definition) is 0. The Kier molecular flexibility index (Phi) is 8.34. The van der Waals surface area contributed by atoms with Gasteiger partial charge >= 0.3 is 7.82 Å². The highest BCUT2D eigenvalue weighted by Crippen LogP contribution is 2.48. The lowest BCUT2D eigenvalue weighted by Gasteiger charge is -2.18. The van der Waals surface area contributed by atoms with Crippen molar-refractivity contribution in [2.45, 2.75) is 39.5 Å². The molecule has 0 aromatic heterocycles. The van der Waals surface area contributed by atoms with Crippen LogP contribution in [0.15, 0.2) is 0 Å². The highest BCUT2D eigenvalue weighted by molar-refractivity contribution is 7.48. The molecular formula is C10H23O4P. The van der Waals surface area contributed by atoms with Gasteiger partial charge in [-0.25, -0.2) is 4.57 Å². The first kappa shape index (κ1) is 15.1. The van der Waals surface area contributed by atoms with E-state index >= 15 is 0 Å². The van der Waals surface area contributed by atoms with Crippen LogP contribution in [0.4, 0.5) is 0 Å². The summed E-state index contributed by atoms with van der Waals surface area (Å²) >= 11 is 0. The maximum atomic E-state index is 11.6. The molecule has 0 saturated carbocycles. The van der Waals surface area contributed by atoms with Crippen LogP contribution in [0.3, 0.4) is 0 Å². The summed E-state index contributed by atoms with van der Waals surface area (Å²) in [4.78, 5) is 0. The summed E-state index contributed by atoms with van der Waals surface area (Å²) in [6.07, 6.45) is 4.39. The van der Waals surface area contributed by atoms with Crippen molar-refractivity contribution in [1.29, 1.82) is 0 Å². The average molecular weight is 238 g/mol. The van der Waals surface area contributed by atoms with E-state index in [0.717, 1.165) is 25.7 Å². The van der Waals surface area contributed by atoms with Crippen molar-refractivity contribution in [2.24, 2.45) is 5.92 Å². The number of phosphoric acid groups is 1. The third kappa shape index (κ3) is 6.31. The molecule has 0 heterocycles. The van der Waals surface area contributed by atoms with Gasteiger partial charge in [-0.2, -0.15) is 0 Å². The average Bonchev–Trinajstić information content (AvgIpc) is 2.26. The Morgan fingerprint density at radius 2 is 1.53 bits per heavy atom. The minimum Gasteiger partial charge on any atom is -0.290 e. The molecule has 0 aliphatic carbocycles. The Hall–Kier alpha value is 0.110. The quantitative estimate of drug-likeness (QED) is 0.575. The van der Waals surface area contributed by atoms with Crippen molar-refractivity contribution >= 4 is 7.82 Å². The van der Waals surface area contributed by atoms with Gasteiger partial charge in [-0.05, 0) is 18.8 Å². The third-order valence-corrected chi connectivity index (χ3v) is 3.67. The van der Waals surface area contributed by atoms with Gasteiger partial charge in [0.15, 0.2) is 0 Å². The Balaban J connectivity index is 4.01. The molecule has 0 fully saturated rings. The van der Waals surface area contributed by atoms with Crippen LogP contribution in [0.2, 0.25) is 0 Å². The minimum absolute atomic E-state index is 0.443. The molecule has 15 heavy (non-hydrogen) atoms. The molecule has 0 unspecified atom stereocenters. The zero-order chi connectivity index (χ0) is 11.7. The van der Waals surface area contributed by atoms with E-state index in [-0.39, 0.29) is 0 Å². The van der Waals surface area contributed by atoms with Gasteiger partial charge in [0.2, 0.25) is 0 Å². The SMILES string of the molecule is CCCC(CCC)COP(=O)(OC)OC. The Labute approximate surface area is 92.9 Å². The fourth-order valence-corrected chi connectivity index (χ4v) is 2.26. The van der Waals surface area contributed by atoms with E-state index in [4.69, 9.17) is 13.6 Å². The fourth-order valence-electron chi connectivity index (χ4n) is 1.50. The molecule has 5 heteroatoms. The van der Waals surface area contributed by atoms with Crippen molar-refractivity contribution in [1.82, 2.24) is 0 Å². The van der Waals surface area contributed by atoms with Gasteiger partial charge in [-0.3, -0.25) is 13.6 Å². The number of rotatable bonds is 9. The Morgan fingerprint density at radius 3 is 1.87 bits per heavy atom. The van der Waals surface area contributed by atoms with Crippen molar-refractivity contribution in [3.05, 3.63) is 0 Å². The van der Waals surface area contributed by atoms with Crippen LogP contribution in [0.25, 0.3) is 0 Å². The van der Waals surface area contributed by atoms with Gasteiger partial charge in [-0.15, -0.1) is 0 Å². The predicted molar refractivity (Wildman–Crippen MR) is 60.9 cm³/mol. The molecule has 0 bridgehead atoms. The standard InChI is InChI=1S/C10H23O4P/c1-5-7-10(8-6-2)9-14-15(11,12-3)13-4/h10H,5-9H2,1-4H3. The van der Waals surface area contributed by atoms with Crippen LogP contribution in [-0.4, -0.2) is 20.8 Å². The second-order valence-electron chi connectivity index (χ2n) is 3.55. The molecule has 0 aliphatic rings. The van der Waals surface area contributed by atoms with Crippen LogP contribution >= 0.6 is 7.82 Å². The maximum Gasteiger partial charge on any atom is 0.474 e. The van der Waals surface area contributed by atoms with Crippen LogP contribution in [0.1, 0.15) is 39.5 Å². The molecule has 0 N–H and O–H groups in total. The molecule has 0 rings (SSSR count). The maximum absolute atomic E-state index is 11.6. The summed E-state index contributed by atoms with van der Waals surface area (Å²) in [6.45, 7) is 4.71. The summed E-state index contributed by atoms with van der Waals surface area (Å²) in [5, 5.41) is 0. The monoisotopic (exact) mass is 238 g/mol. The Morgan fingerprint density at radius 1 is 1.07 bits per heavy atom. The first-order valence-electron chi connectivity index (χ1n) is 5.47. The first-order valence-corrected chi connectivity index (χ1v) is 6.94. The zero-order valence-corrected chi connectivity index (χ0v) is 11.1.